The van der Waals surface area contributed by atoms with Gasteiger partial charge in [-0.1, -0.05) is 120 Å². The molecule has 6 aromatic rings. The fourth-order valence-electron chi connectivity index (χ4n) is 7.34. The Morgan fingerprint density at radius 3 is 1.92 bits per heavy atom. The van der Waals surface area contributed by atoms with Crippen LogP contribution in [0.15, 0.2) is 131 Å². The molecule has 0 fully saturated rings. The van der Waals surface area contributed by atoms with E-state index in [0.717, 1.165) is 16.7 Å². The van der Waals surface area contributed by atoms with E-state index in [1.54, 1.807) is 67.3 Å². The summed E-state index contributed by atoms with van der Waals surface area (Å²) in [7, 11) is -3.40. The minimum absolute atomic E-state index is 0. The van der Waals surface area contributed by atoms with E-state index in [1.165, 1.54) is 33.2 Å². The normalized spacial score (nSPS) is 15.4. The molecule has 2 aliphatic heterocycles. The van der Waals surface area contributed by atoms with Gasteiger partial charge in [0, 0.05) is 25.3 Å². The van der Waals surface area contributed by atoms with Crippen LogP contribution in [0, 0.1) is 26.3 Å². The molecule has 0 aromatic heterocycles. The maximum Gasteiger partial charge on any atom is 4.00 e. The fourth-order valence-corrected chi connectivity index (χ4v) is 8.87. The van der Waals surface area contributed by atoms with Crippen LogP contribution in [-0.2, 0) is 30.9 Å². The smallest absolute Gasteiger partial charge is 0.656 e. The summed E-state index contributed by atoms with van der Waals surface area (Å²) < 4.78 is 74.1. The molecule has 0 aliphatic carbocycles. The number of benzene rings is 6. The van der Waals surface area contributed by atoms with Gasteiger partial charge in [0.2, 0.25) is 9.84 Å². The van der Waals surface area contributed by atoms with Gasteiger partial charge in [-0.05, 0) is 96.8 Å². The second-order valence-corrected chi connectivity index (χ2v) is 17.4. The van der Waals surface area contributed by atoms with Crippen molar-refractivity contribution in [3.8, 4) is 11.1 Å². The molecule has 7 nitrogen and oxygen atoms in total. The summed E-state index contributed by atoms with van der Waals surface area (Å²) in [6, 6.07) is 40.4. The van der Waals surface area contributed by atoms with E-state index in [0.29, 0.717) is 45.7 Å². The summed E-state index contributed by atoms with van der Waals surface area (Å²) in [5, 5.41) is 7.59. The number of sulfone groups is 1. The Labute approximate surface area is 375 Å². The number of aryl methyl sites for hydroxylation is 1. The summed E-state index contributed by atoms with van der Waals surface area (Å²) in [5.41, 5.74) is 10.6. The number of hydrogen-bond acceptors (Lipinski definition) is 6. The molecule has 0 bridgehead atoms. The monoisotopic (exact) mass is 988 g/mol. The summed E-state index contributed by atoms with van der Waals surface area (Å²) in [6.07, 6.45) is 0. The third-order valence-electron chi connectivity index (χ3n) is 10.4. The van der Waals surface area contributed by atoms with Crippen LogP contribution in [0.1, 0.15) is 89.8 Å². The first-order valence-electron chi connectivity index (χ1n) is 22.5. The average Bonchev–Trinajstić information content (AvgIpc) is 3.64. The van der Waals surface area contributed by atoms with Crippen LogP contribution in [0.2, 0.25) is 0 Å². The van der Waals surface area contributed by atoms with Crippen LogP contribution in [-0.4, -0.2) is 22.4 Å². The zero-order valence-corrected chi connectivity index (χ0v) is 37.4. The van der Waals surface area contributed by atoms with Crippen molar-refractivity contribution in [2.75, 3.05) is 34.0 Å². The van der Waals surface area contributed by atoms with E-state index < -0.39 is 23.8 Å². The van der Waals surface area contributed by atoms with Crippen molar-refractivity contribution in [2.24, 2.45) is 0 Å². The Bertz CT molecular complexity index is 2700. The number of fused-ring (bicyclic) bond motifs is 3. The molecule has 1 N–H and O–H groups in total. The molecule has 306 valence electrons. The Morgan fingerprint density at radius 2 is 1.34 bits per heavy atom. The van der Waals surface area contributed by atoms with E-state index in [-0.39, 0.29) is 42.7 Å². The number of para-hydroxylation sites is 5. The molecular weight excluding hydrogens is 930 g/mol. The molecule has 8 rings (SSSR count). The summed E-state index contributed by atoms with van der Waals surface area (Å²) in [6.45, 7) is 13.3. The van der Waals surface area contributed by atoms with E-state index in [1.807, 2.05) is 60.4 Å². The van der Waals surface area contributed by atoms with Crippen molar-refractivity contribution in [2.45, 2.75) is 76.0 Å². The second-order valence-electron chi connectivity index (χ2n) is 15.5. The SMILES string of the molecule is O=S1(=O)c2ccccc2[N-]c2ccccc21.[2H]C([2H])([2H])N([CH-]Nc1[c-]c(N2[CH-]N(C([2H])([2H])[2H])c3ccccc32)cc(-c2c(C(C)C)cc(C(C)C)cc2C(C)C)c1)c1ccccc1C.[Pt+4]. The van der Waals surface area contributed by atoms with E-state index in [2.05, 4.69) is 70.4 Å². The van der Waals surface area contributed by atoms with Gasteiger partial charge in [-0.3, -0.25) is 0 Å². The maximum absolute atomic E-state index is 12.2. The average molecular weight is 989 g/mol. The van der Waals surface area contributed by atoms with E-state index in [4.69, 9.17) is 8.22 Å². The van der Waals surface area contributed by atoms with Crippen molar-refractivity contribution >= 4 is 49.6 Å². The van der Waals surface area contributed by atoms with Crippen molar-refractivity contribution in [1.29, 1.82) is 0 Å². The summed E-state index contributed by atoms with van der Waals surface area (Å²) in [5.74, 6) is 0.808. The molecule has 6 aromatic carbocycles. The van der Waals surface area contributed by atoms with Crippen LogP contribution >= 0.6 is 0 Å². The number of rotatable bonds is 9. The summed E-state index contributed by atoms with van der Waals surface area (Å²) >= 11 is 0. The molecular formula is C50H53N5O2PtS. The minimum atomic E-state index is -3.40. The van der Waals surface area contributed by atoms with Gasteiger partial charge in [-0.15, -0.1) is 46.5 Å². The molecule has 0 saturated carbocycles. The first-order valence-corrected chi connectivity index (χ1v) is 21.0. The topological polar surface area (TPSA) is 70.0 Å². The van der Waals surface area contributed by atoms with Crippen LogP contribution < -0.4 is 20.0 Å². The Hall–Kier alpha value is -5.04. The second kappa shape index (κ2) is 18.1. The zero-order valence-electron chi connectivity index (χ0n) is 40.3. The van der Waals surface area contributed by atoms with Gasteiger partial charge >= 0.3 is 21.1 Å². The van der Waals surface area contributed by atoms with Gasteiger partial charge in [-0.2, -0.15) is 13.3 Å². The first-order chi connectivity index (χ1) is 30.2. The molecule has 9 heteroatoms. The Balaban J connectivity index is 0.000000343. The van der Waals surface area contributed by atoms with Crippen LogP contribution in [0.4, 0.5) is 39.8 Å². The number of nitrogens with zero attached hydrogens (tertiary/aromatic N) is 4. The molecule has 0 amide bonds. The first kappa shape index (κ1) is 35.9. The van der Waals surface area contributed by atoms with Crippen LogP contribution in [0.25, 0.3) is 16.4 Å². The van der Waals surface area contributed by atoms with Gasteiger partial charge in [0.1, 0.15) is 0 Å². The third-order valence-corrected chi connectivity index (χ3v) is 12.3. The number of hydrogen-bond donors (Lipinski definition) is 1. The van der Waals surface area contributed by atoms with Crippen molar-refractivity contribution < 1.29 is 37.7 Å². The summed E-state index contributed by atoms with van der Waals surface area (Å²) in [4.78, 5) is 4.97. The quantitative estimate of drug-likeness (QED) is 0.145. The maximum atomic E-state index is 12.2. The van der Waals surface area contributed by atoms with E-state index in [9.17, 15) is 8.42 Å². The molecule has 0 radical (unpaired) electrons. The van der Waals surface area contributed by atoms with Gasteiger partial charge < -0.3 is 25.3 Å². The predicted octanol–water partition coefficient (Wildman–Crippen LogP) is 13.4. The van der Waals surface area contributed by atoms with Gasteiger partial charge in [0.25, 0.3) is 0 Å². The van der Waals surface area contributed by atoms with E-state index >= 15 is 0 Å². The largest absolute Gasteiger partial charge is 4.00 e. The standard InChI is InChI=1S/C38H45N4.C12H8NO2S.Pt/c1-25(2)29-20-33(26(3)4)38(34(21-29)27(5)6)30-18-31(39-23-40(8)35-15-11-10-14-28(35)7)22-32(19-30)42-24-41(9)36-16-12-13-17-37(36)42;14-16(15)11-7-3-1-5-9(11)13-10-6-2-4-8-12(10)16;/h10-21,23-27,39H,1-9H3;1-8H;/q-3;-1;+4/i8D3,9D3;;. The Morgan fingerprint density at radius 1 is 0.763 bits per heavy atom. The zero-order chi connectivity index (χ0) is 46.3. The molecule has 0 spiro atoms. The number of anilines is 5. The predicted molar refractivity (Wildman–Crippen MR) is 243 cm³/mol. The van der Waals surface area contributed by atoms with Crippen LogP contribution in [0.3, 0.4) is 0 Å². The van der Waals surface area contributed by atoms with Gasteiger partial charge in [-0.25, -0.2) is 8.42 Å². The fraction of sp³-hybridized carbons (Fsp3) is 0.240. The van der Waals surface area contributed by atoms with Gasteiger partial charge in [0.05, 0.1) is 9.79 Å². The van der Waals surface area contributed by atoms with Crippen molar-refractivity contribution in [1.82, 2.24) is 0 Å². The molecule has 0 unspecified atom stereocenters. The van der Waals surface area contributed by atoms with Crippen molar-refractivity contribution in [3.63, 3.8) is 0 Å². The molecule has 2 aliphatic rings. The Kier molecular flexibility index (Phi) is 11.0. The third kappa shape index (κ3) is 8.95. The molecule has 0 saturated heterocycles. The van der Waals surface area contributed by atoms with Crippen LogP contribution in [0.5, 0.6) is 0 Å². The van der Waals surface area contributed by atoms with Crippen molar-refractivity contribution in [3.05, 3.63) is 168 Å². The molecule has 0 atom stereocenters. The minimum Gasteiger partial charge on any atom is -0.656 e. The number of nitrogens with one attached hydrogen (secondary N) is 1. The van der Waals surface area contributed by atoms with Gasteiger partial charge in [0.15, 0.2) is 0 Å². The molecule has 2 heterocycles. The molecule has 59 heavy (non-hydrogen) atoms.